The van der Waals surface area contributed by atoms with E-state index < -0.39 is 0 Å². The number of nitrogens with one attached hydrogen (secondary N) is 2. The molecule has 2 aromatic heterocycles. The lowest BCUT2D eigenvalue weighted by molar-refractivity contribution is 0.311. The number of aliphatic hydroxyl groups is 1. The highest BCUT2D eigenvalue weighted by Gasteiger charge is 2.05. The molecule has 7 nitrogen and oxygen atoms in total. The zero-order valence-electron chi connectivity index (χ0n) is 7.77. The summed E-state index contributed by atoms with van der Waals surface area (Å²) in [5.41, 5.74) is 6.72. The highest BCUT2D eigenvalue weighted by atomic mass is 79.9. The lowest BCUT2D eigenvalue weighted by Crippen LogP contribution is -2.06. The average molecular weight is 275 g/mol. The smallest absolute Gasteiger partial charge is 0.202 e. The van der Waals surface area contributed by atoms with E-state index in [4.69, 9.17) is 10.8 Å². The quantitative estimate of drug-likeness (QED) is 0.623. The Morgan fingerprint density at radius 2 is 2.27 bits per heavy atom. The van der Waals surface area contributed by atoms with Crippen molar-refractivity contribution >= 4 is 39.9 Å². The molecule has 2 heterocycles. The third-order valence-corrected chi connectivity index (χ3v) is 1.72. The topological polar surface area (TPSA) is 113 Å². The summed E-state index contributed by atoms with van der Waals surface area (Å²) in [7, 11) is 0. The fourth-order valence-corrected chi connectivity index (χ4v) is 1.10. The van der Waals surface area contributed by atoms with E-state index in [0.717, 1.165) is 0 Å². The van der Waals surface area contributed by atoms with Crippen molar-refractivity contribution in [3.63, 3.8) is 0 Å². The van der Waals surface area contributed by atoms with Crippen LogP contribution in [0.1, 0.15) is 0 Å². The molecule has 0 unspecified atom stereocenters. The Kier molecular flexibility index (Phi) is 3.81. The van der Waals surface area contributed by atoms with Crippen LogP contribution in [0.5, 0.6) is 0 Å². The molecular weight excluding hydrogens is 264 g/mol. The fraction of sp³-hybridized carbons (Fsp3) is 0.286. The van der Waals surface area contributed by atoms with E-state index in [-0.39, 0.29) is 23.6 Å². The van der Waals surface area contributed by atoms with Gasteiger partial charge in [0.2, 0.25) is 5.95 Å². The number of anilines is 2. The monoisotopic (exact) mass is 274 g/mol. The van der Waals surface area contributed by atoms with Gasteiger partial charge < -0.3 is 21.1 Å². The zero-order chi connectivity index (χ0) is 9.97. The molecule has 8 heteroatoms. The molecule has 0 fully saturated rings. The second kappa shape index (κ2) is 4.89. The van der Waals surface area contributed by atoms with Crippen molar-refractivity contribution in [1.29, 1.82) is 0 Å². The Morgan fingerprint density at radius 3 is 2.93 bits per heavy atom. The summed E-state index contributed by atoms with van der Waals surface area (Å²) in [4.78, 5) is 14.8. The molecule has 15 heavy (non-hydrogen) atoms. The molecule has 0 atom stereocenters. The summed E-state index contributed by atoms with van der Waals surface area (Å²) in [6.07, 6.45) is 1.36. The maximum atomic E-state index is 8.60. The second-order valence-corrected chi connectivity index (χ2v) is 2.69. The van der Waals surface area contributed by atoms with E-state index in [9.17, 15) is 0 Å². The first kappa shape index (κ1) is 11.7. The fourth-order valence-electron chi connectivity index (χ4n) is 1.10. The number of nitrogens with zero attached hydrogens (tertiary/aromatic N) is 3. The molecule has 0 aliphatic carbocycles. The number of hydrogen-bond acceptors (Lipinski definition) is 6. The number of aliphatic hydroxyl groups excluding tert-OH is 1. The van der Waals surface area contributed by atoms with Crippen LogP contribution in [-0.2, 0) is 0 Å². The van der Waals surface area contributed by atoms with Crippen molar-refractivity contribution in [1.82, 2.24) is 19.9 Å². The van der Waals surface area contributed by atoms with Crippen LogP contribution in [0, 0.1) is 0 Å². The van der Waals surface area contributed by atoms with Crippen molar-refractivity contribution in [2.24, 2.45) is 0 Å². The molecule has 2 aromatic rings. The van der Waals surface area contributed by atoms with Gasteiger partial charge in [-0.2, -0.15) is 4.98 Å². The number of halogens is 1. The van der Waals surface area contributed by atoms with Gasteiger partial charge in [0.25, 0.3) is 0 Å². The van der Waals surface area contributed by atoms with Crippen molar-refractivity contribution in [2.45, 2.75) is 0 Å². The molecule has 0 amide bonds. The number of H-pyrrole nitrogens is 1. The Labute approximate surface area is 95.9 Å². The number of aromatic nitrogens is 4. The number of nitrogens with two attached hydrogens (primary N) is 1. The SMILES string of the molecule is Br.Nc1ncnc2nc(NCCO)[nH]c12. The van der Waals surface area contributed by atoms with E-state index in [0.29, 0.717) is 29.5 Å². The van der Waals surface area contributed by atoms with Crippen LogP contribution in [0.4, 0.5) is 11.8 Å². The highest BCUT2D eigenvalue weighted by Crippen LogP contribution is 2.15. The van der Waals surface area contributed by atoms with Crippen LogP contribution in [0.2, 0.25) is 0 Å². The third kappa shape index (κ3) is 2.34. The summed E-state index contributed by atoms with van der Waals surface area (Å²) < 4.78 is 0. The van der Waals surface area contributed by atoms with Crippen LogP contribution in [-0.4, -0.2) is 38.2 Å². The lowest BCUT2D eigenvalue weighted by atomic mass is 10.5. The van der Waals surface area contributed by atoms with Crippen LogP contribution in [0.25, 0.3) is 11.2 Å². The molecule has 82 valence electrons. The van der Waals surface area contributed by atoms with Crippen molar-refractivity contribution in [3.05, 3.63) is 6.33 Å². The van der Waals surface area contributed by atoms with Gasteiger partial charge in [-0.1, -0.05) is 0 Å². The molecular formula is C7H11BrN6O. The van der Waals surface area contributed by atoms with E-state index >= 15 is 0 Å². The van der Waals surface area contributed by atoms with Gasteiger partial charge in [-0.15, -0.1) is 17.0 Å². The van der Waals surface area contributed by atoms with Crippen molar-refractivity contribution < 1.29 is 5.11 Å². The predicted molar refractivity (Wildman–Crippen MR) is 62.0 cm³/mol. The maximum Gasteiger partial charge on any atom is 0.202 e. The number of hydrogen-bond donors (Lipinski definition) is 4. The molecule has 0 saturated carbocycles. The van der Waals surface area contributed by atoms with E-state index in [1.807, 2.05) is 0 Å². The molecule has 0 radical (unpaired) electrons. The van der Waals surface area contributed by atoms with Gasteiger partial charge in [-0.25, -0.2) is 9.97 Å². The van der Waals surface area contributed by atoms with E-state index in [2.05, 4.69) is 25.3 Å². The zero-order valence-corrected chi connectivity index (χ0v) is 9.48. The summed E-state index contributed by atoms with van der Waals surface area (Å²) in [5.74, 6) is 0.890. The van der Waals surface area contributed by atoms with Gasteiger partial charge in [0.15, 0.2) is 11.5 Å². The van der Waals surface area contributed by atoms with E-state index in [1.54, 1.807) is 0 Å². The number of aromatic amines is 1. The standard InChI is InChI=1S/C7H10N6O.BrH/c8-5-4-6(11-3-10-5)13-7(12-4)9-1-2-14;/h3,14H,1-2H2,(H4,8,9,10,11,12,13);1H. The Hall–Kier alpha value is -1.41. The summed E-state index contributed by atoms with van der Waals surface area (Å²) >= 11 is 0. The third-order valence-electron chi connectivity index (χ3n) is 1.72. The summed E-state index contributed by atoms with van der Waals surface area (Å²) in [6, 6.07) is 0. The first-order chi connectivity index (χ1) is 6.81. The van der Waals surface area contributed by atoms with E-state index in [1.165, 1.54) is 6.33 Å². The van der Waals surface area contributed by atoms with Gasteiger partial charge in [0.05, 0.1) is 6.61 Å². The molecule has 5 N–H and O–H groups in total. The average Bonchev–Trinajstić information content (AvgIpc) is 2.59. The highest BCUT2D eigenvalue weighted by molar-refractivity contribution is 8.93. The van der Waals surface area contributed by atoms with Crippen LogP contribution in [0.3, 0.4) is 0 Å². The van der Waals surface area contributed by atoms with Gasteiger partial charge in [0, 0.05) is 6.54 Å². The first-order valence-electron chi connectivity index (χ1n) is 4.12. The Balaban J connectivity index is 0.00000112. The lowest BCUT2D eigenvalue weighted by Gasteiger charge is -1.96. The number of fused-ring (bicyclic) bond motifs is 1. The van der Waals surface area contributed by atoms with Crippen LogP contribution in [0.15, 0.2) is 6.33 Å². The minimum absolute atomic E-state index is 0. The van der Waals surface area contributed by atoms with Crippen LogP contribution < -0.4 is 11.1 Å². The Morgan fingerprint density at radius 1 is 1.47 bits per heavy atom. The van der Waals surface area contributed by atoms with Gasteiger partial charge in [-0.05, 0) is 0 Å². The molecule has 0 aliphatic rings. The number of rotatable bonds is 3. The van der Waals surface area contributed by atoms with Crippen molar-refractivity contribution in [2.75, 3.05) is 24.2 Å². The van der Waals surface area contributed by atoms with Gasteiger partial charge >= 0.3 is 0 Å². The second-order valence-electron chi connectivity index (χ2n) is 2.69. The molecule has 0 saturated heterocycles. The van der Waals surface area contributed by atoms with Gasteiger partial charge in [0.1, 0.15) is 11.8 Å². The van der Waals surface area contributed by atoms with Crippen molar-refractivity contribution in [3.8, 4) is 0 Å². The molecule has 2 rings (SSSR count). The Bertz CT molecular complexity index is 444. The molecule has 0 bridgehead atoms. The van der Waals surface area contributed by atoms with Crippen LogP contribution >= 0.6 is 17.0 Å². The summed E-state index contributed by atoms with van der Waals surface area (Å²) in [6.45, 7) is 0.464. The number of nitrogen functional groups attached to an aromatic ring is 1. The molecule has 0 aromatic carbocycles. The van der Waals surface area contributed by atoms with Gasteiger partial charge in [-0.3, -0.25) is 0 Å². The molecule has 0 spiro atoms. The minimum Gasteiger partial charge on any atom is -0.395 e. The first-order valence-corrected chi connectivity index (χ1v) is 4.12. The largest absolute Gasteiger partial charge is 0.395 e. The predicted octanol–water partition coefficient (Wildman–Crippen LogP) is -0.0828. The maximum absolute atomic E-state index is 8.60. The normalized spacial score (nSPS) is 9.93. The summed E-state index contributed by atoms with van der Waals surface area (Å²) in [5, 5.41) is 11.5. The molecule has 0 aliphatic heterocycles. The number of imidazole rings is 1. The minimum atomic E-state index is 0.